The molecule has 10 heteroatoms. The van der Waals surface area contributed by atoms with Gasteiger partial charge in [-0.05, 0) is 19.3 Å². The van der Waals surface area contributed by atoms with E-state index in [1.165, 1.54) is 89.9 Å². The van der Waals surface area contributed by atoms with Crippen molar-refractivity contribution in [3.8, 4) is 0 Å². The minimum Gasteiger partial charge on any atom is -0.462 e. The molecule has 9 nitrogen and oxygen atoms in total. The maximum atomic E-state index is 12.6. The number of phosphoric ester groups is 1. The van der Waals surface area contributed by atoms with Gasteiger partial charge >= 0.3 is 19.8 Å². The Balaban J connectivity index is 2.39. The van der Waals surface area contributed by atoms with E-state index in [2.05, 4.69) is 18.4 Å². The van der Waals surface area contributed by atoms with Crippen LogP contribution in [-0.2, 0) is 28.2 Å². The number of aliphatic hydroxyl groups is 1. The molecule has 0 amide bonds. The van der Waals surface area contributed by atoms with Crippen LogP contribution in [0.25, 0.3) is 0 Å². The molecular weight excluding hydrogens is 559 g/mol. The lowest BCUT2D eigenvalue weighted by Gasteiger charge is -2.18. The van der Waals surface area contributed by atoms with Crippen molar-refractivity contribution in [2.24, 2.45) is 5.92 Å². The van der Waals surface area contributed by atoms with Gasteiger partial charge in [-0.3, -0.25) is 14.1 Å². The Morgan fingerprint density at radius 3 is 1.57 bits per heavy atom. The van der Waals surface area contributed by atoms with E-state index in [0.717, 1.165) is 38.5 Å². The molecule has 0 aliphatic heterocycles. The van der Waals surface area contributed by atoms with Crippen molar-refractivity contribution < 1.29 is 43.0 Å². The molecule has 0 heterocycles. The van der Waals surface area contributed by atoms with Crippen LogP contribution in [0.5, 0.6) is 0 Å². The highest BCUT2D eigenvalue weighted by Gasteiger charge is 2.57. The minimum atomic E-state index is -4.77. The lowest BCUT2D eigenvalue weighted by Crippen LogP contribution is -2.24. The van der Waals surface area contributed by atoms with Gasteiger partial charge in [0.2, 0.25) is 0 Å². The molecule has 4 unspecified atom stereocenters. The SMILES string of the molecule is CCCCCCCCCCCCCC(=O)OC(CCCCCCCCCCC)CC(=O)OC1C(CO)C1OP(=O)(O)O. The molecule has 1 fully saturated rings. The van der Waals surface area contributed by atoms with E-state index in [4.69, 9.17) is 19.3 Å². The van der Waals surface area contributed by atoms with Crippen LogP contribution in [0, 0.1) is 5.92 Å². The predicted molar refractivity (Wildman–Crippen MR) is 165 cm³/mol. The number of carbonyl (C=O) groups is 2. The van der Waals surface area contributed by atoms with E-state index >= 15 is 0 Å². The van der Waals surface area contributed by atoms with Gasteiger partial charge in [0, 0.05) is 6.42 Å². The Hall–Kier alpha value is -0.990. The Labute approximate surface area is 255 Å². The van der Waals surface area contributed by atoms with Crippen LogP contribution in [0.4, 0.5) is 0 Å². The molecule has 0 aromatic carbocycles. The zero-order valence-corrected chi connectivity index (χ0v) is 27.4. The van der Waals surface area contributed by atoms with E-state index in [1.54, 1.807) is 0 Å². The molecule has 0 bridgehead atoms. The standard InChI is InChI=1S/C32H61O9P/c1-3-5-7-9-11-13-14-16-18-20-22-24-29(34)39-27(23-21-19-17-15-12-10-8-6-4-2)25-30(35)40-31-28(26-33)32(31)41-42(36,37)38/h27-28,31-33H,3-26H2,1-2H3,(H2,36,37,38). The molecule has 1 aliphatic carbocycles. The number of ether oxygens (including phenoxy) is 2. The van der Waals surface area contributed by atoms with E-state index < -0.39 is 44.6 Å². The number of unbranched alkanes of at least 4 members (excludes halogenated alkanes) is 18. The highest BCUT2D eigenvalue weighted by Crippen LogP contribution is 2.49. The van der Waals surface area contributed by atoms with E-state index in [9.17, 15) is 19.3 Å². The molecule has 0 aromatic rings. The zero-order chi connectivity index (χ0) is 31.1. The van der Waals surface area contributed by atoms with Crippen molar-refractivity contribution in [2.45, 2.75) is 180 Å². The van der Waals surface area contributed by atoms with Gasteiger partial charge in [0.1, 0.15) is 18.3 Å². The molecule has 0 spiro atoms. The second-order valence-corrected chi connectivity index (χ2v) is 13.3. The number of phosphoric acid groups is 1. The van der Waals surface area contributed by atoms with E-state index in [-0.39, 0.29) is 12.4 Å². The Kier molecular flexibility index (Phi) is 22.6. The summed E-state index contributed by atoms with van der Waals surface area (Å²) >= 11 is 0. The second-order valence-electron chi connectivity index (χ2n) is 12.1. The lowest BCUT2D eigenvalue weighted by molar-refractivity contribution is -0.156. The van der Waals surface area contributed by atoms with Gasteiger partial charge in [0.15, 0.2) is 0 Å². The zero-order valence-electron chi connectivity index (χ0n) is 26.5. The summed E-state index contributed by atoms with van der Waals surface area (Å²) in [6, 6.07) is 0. The first-order valence-electron chi connectivity index (χ1n) is 17.0. The largest absolute Gasteiger partial charge is 0.469 e. The first kappa shape index (κ1) is 39.0. The summed E-state index contributed by atoms with van der Waals surface area (Å²) in [5.41, 5.74) is 0. The van der Waals surface area contributed by atoms with Crippen molar-refractivity contribution in [2.75, 3.05) is 6.61 Å². The van der Waals surface area contributed by atoms with Gasteiger partial charge in [-0.1, -0.05) is 129 Å². The van der Waals surface area contributed by atoms with Crippen LogP contribution in [0.3, 0.4) is 0 Å². The summed E-state index contributed by atoms with van der Waals surface area (Å²) in [5.74, 6) is -1.61. The summed E-state index contributed by atoms with van der Waals surface area (Å²) in [7, 11) is -4.77. The molecule has 1 saturated carbocycles. The lowest BCUT2D eigenvalue weighted by atomic mass is 10.0. The average molecular weight is 621 g/mol. The van der Waals surface area contributed by atoms with E-state index in [0.29, 0.717) is 12.8 Å². The van der Waals surface area contributed by atoms with Crippen molar-refractivity contribution in [1.82, 2.24) is 0 Å². The number of rotatable bonds is 29. The smallest absolute Gasteiger partial charge is 0.462 e. The summed E-state index contributed by atoms with van der Waals surface area (Å²) in [4.78, 5) is 43.3. The third kappa shape index (κ3) is 20.8. The molecule has 248 valence electrons. The second kappa shape index (κ2) is 24.3. The number of esters is 2. The van der Waals surface area contributed by atoms with Crippen LogP contribution >= 0.6 is 7.82 Å². The summed E-state index contributed by atoms with van der Waals surface area (Å²) < 4.78 is 26.8. The topological polar surface area (TPSA) is 140 Å². The average Bonchev–Trinajstić information content (AvgIpc) is 3.58. The number of carbonyl (C=O) groups excluding carboxylic acids is 2. The Morgan fingerprint density at radius 2 is 1.12 bits per heavy atom. The van der Waals surface area contributed by atoms with Gasteiger partial charge in [0.25, 0.3) is 0 Å². The van der Waals surface area contributed by atoms with Crippen molar-refractivity contribution >= 4 is 19.8 Å². The summed E-state index contributed by atoms with van der Waals surface area (Å²) in [5, 5.41) is 9.41. The predicted octanol–water partition coefficient (Wildman–Crippen LogP) is 7.92. The van der Waals surface area contributed by atoms with Gasteiger partial charge in [-0.2, -0.15) is 0 Å². The maximum absolute atomic E-state index is 12.6. The molecule has 4 atom stereocenters. The summed E-state index contributed by atoms with van der Waals surface area (Å²) in [6.07, 6.45) is 21.8. The Bertz CT molecular complexity index is 741. The van der Waals surface area contributed by atoms with Crippen LogP contribution < -0.4 is 0 Å². The highest BCUT2D eigenvalue weighted by atomic mass is 31.2. The normalized spacial score (nSPS) is 19.0. The van der Waals surface area contributed by atoms with Crippen LogP contribution in [-0.4, -0.2) is 51.8 Å². The Morgan fingerprint density at radius 1 is 0.667 bits per heavy atom. The van der Waals surface area contributed by atoms with Crippen molar-refractivity contribution in [3.63, 3.8) is 0 Å². The minimum absolute atomic E-state index is 0.127. The first-order chi connectivity index (χ1) is 20.2. The van der Waals surface area contributed by atoms with Gasteiger partial charge in [0.05, 0.1) is 18.9 Å². The monoisotopic (exact) mass is 620 g/mol. The highest BCUT2D eigenvalue weighted by molar-refractivity contribution is 7.46. The molecule has 0 radical (unpaired) electrons. The van der Waals surface area contributed by atoms with Crippen LogP contribution in [0.2, 0.25) is 0 Å². The maximum Gasteiger partial charge on any atom is 0.469 e. The molecule has 42 heavy (non-hydrogen) atoms. The van der Waals surface area contributed by atoms with Gasteiger partial charge < -0.3 is 24.4 Å². The van der Waals surface area contributed by atoms with Crippen molar-refractivity contribution in [1.29, 1.82) is 0 Å². The number of hydrogen-bond donors (Lipinski definition) is 3. The van der Waals surface area contributed by atoms with Crippen molar-refractivity contribution in [3.05, 3.63) is 0 Å². The molecule has 0 saturated heterocycles. The van der Waals surface area contributed by atoms with Gasteiger partial charge in [-0.15, -0.1) is 0 Å². The van der Waals surface area contributed by atoms with Crippen LogP contribution in [0.15, 0.2) is 0 Å². The molecule has 0 aromatic heterocycles. The number of aliphatic hydroxyl groups excluding tert-OH is 1. The quantitative estimate of drug-likeness (QED) is 0.0432. The van der Waals surface area contributed by atoms with Crippen LogP contribution in [0.1, 0.15) is 162 Å². The van der Waals surface area contributed by atoms with E-state index in [1.807, 2.05) is 0 Å². The molecule has 3 N–H and O–H groups in total. The van der Waals surface area contributed by atoms with Gasteiger partial charge in [-0.25, -0.2) is 4.57 Å². The third-order valence-electron chi connectivity index (χ3n) is 8.07. The summed E-state index contributed by atoms with van der Waals surface area (Å²) in [6.45, 7) is 4.02. The number of hydrogen-bond acceptors (Lipinski definition) is 7. The molecule has 1 rings (SSSR count). The fourth-order valence-electron chi connectivity index (χ4n) is 5.42. The first-order valence-corrected chi connectivity index (χ1v) is 18.5. The third-order valence-corrected chi connectivity index (χ3v) is 8.59. The fourth-order valence-corrected chi connectivity index (χ4v) is 6.01. The fraction of sp³-hybridized carbons (Fsp3) is 0.938. The molecular formula is C32H61O9P. The molecule has 1 aliphatic rings.